The molecule has 8 heteroatoms. The first-order valence-corrected chi connectivity index (χ1v) is 8.04. The molecule has 2 heterocycles. The van der Waals surface area contributed by atoms with Crippen molar-refractivity contribution in [2.24, 2.45) is 0 Å². The minimum absolute atomic E-state index is 0.0633. The minimum Gasteiger partial charge on any atom is -0.465 e. The van der Waals surface area contributed by atoms with Crippen LogP contribution in [0.4, 0.5) is 5.13 Å². The fourth-order valence-electron chi connectivity index (χ4n) is 1.86. The lowest BCUT2D eigenvalue weighted by Crippen LogP contribution is -2.32. The van der Waals surface area contributed by atoms with Gasteiger partial charge in [-0.25, -0.2) is 18.2 Å². The molecular formula is C10H14N2O4S2. The molecule has 6 nitrogen and oxygen atoms in total. The first kappa shape index (κ1) is 13.3. The summed E-state index contributed by atoms with van der Waals surface area (Å²) in [4.78, 5) is 17.7. The van der Waals surface area contributed by atoms with Crippen molar-refractivity contribution < 1.29 is 17.9 Å². The van der Waals surface area contributed by atoms with Gasteiger partial charge in [0.2, 0.25) is 0 Å². The summed E-state index contributed by atoms with van der Waals surface area (Å²) in [5.74, 6) is -0.0559. The van der Waals surface area contributed by atoms with E-state index < -0.39 is 15.8 Å². The van der Waals surface area contributed by atoms with Gasteiger partial charge in [-0.05, 0) is 6.42 Å². The van der Waals surface area contributed by atoms with Crippen LogP contribution in [-0.4, -0.2) is 51.1 Å². The summed E-state index contributed by atoms with van der Waals surface area (Å²) in [6, 6.07) is -0.0633. The Morgan fingerprint density at radius 3 is 2.89 bits per heavy atom. The van der Waals surface area contributed by atoms with Crippen LogP contribution in [0.1, 0.15) is 16.1 Å². The van der Waals surface area contributed by atoms with Gasteiger partial charge in [-0.1, -0.05) is 11.3 Å². The standard InChI is InChI=1S/C10H14N2O4S2/c1-12(7-3-4-18(14,15)6-7)10-11-5-8(17-10)9(13)16-2/h5,7H,3-4,6H2,1-2H3. The lowest BCUT2D eigenvalue weighted by molar-refractivity contribution is 0.0606. The molecule has 1 aliphatic heterocycles. The number of aromatic nitrogens is 1. The van der Waals surface area contributed by atoms with Crippen LogP contribution in [0.3, 0.4) is 0 Å². The fraction of sp³-hybridized carbons (Fsp3) is 0.600. The predicted octanol–water partition coefficient (Wildman–Crippen LogP) is 0.553. The van der Waals surface area contributed by atoms with E-state index in [0.717, 1.165) is 0 Å². The Labute approximate surface area is 110 Å². The van der Waals surface area contributed by atoms with Gasteiger partial charge in [0, 0.05) is 13.1 Å². The SMILES string of the molecule is COC(=O)c1cnc(N(C)C2CCS(=O)(=O)C2)s1. The summed E-state index contributed by atoms with van der Waals surface area (Å²) in [5.41, 5.74) is 0. The number of hydrogen-bond donors (Lipinski definition) is 0. The summed E-state index contributed by atoms with van der Waals surface area (Å²) >= 11 is 1.21. The smallest absolute Gasteiger partial charge is 0.349 e. The molecule has 0 bridgehead atoms. The van der Waals surface area contributed by atoms with Gasteiger partial charge in [-0.15, -0.1) is 0 Å². The Morgan fingerprint density at radius 1 is 1.61 bits per heavy atom. The Balaban J connectivity index is 2.12. The van der Waals surface area contributed by atoms with Gasteiger partial charge < -0.3 is 9.64 Å². The van der Waals surface area contributed by atoms with Gasteiger partial charge in [-0.2, -0.15) is 0 Å². The van der Waals surface area contributed by atoms with Gasteiger partial charge in [-0.3, -0.25) is 0 Å². The summed E-state index contributed by atoms with van der Waals surface area (Å²) in [7, 11) is 0.192. The van der Waals surface area contributed by atoms with Crippen LogP contribution in [0, 0.1) is 0 Å². The third-order valence-corrected chi connectivity index (χ3v) is 5.76. The summed E-state index contributed by atoms with van der Waals surface area (Å²) < 4.78 is 27.4. The molecule has 0 spiro atoms. The van der Waals surface area contributed by atoms with E-state index in [2.05, 4.69) is 9.72 Å². The lowest BCUT2D eigenvalue weighted by Gasteiger charge is -2.22. The first-order valence-electron chi connectivity index (χ1n) is 5.40. The highest BCUT2D eigenvalue weighted by Crippen LogP contribution is 2.27. The molecule has 0 amide bonds. The second kappa shape index (κ2) is 4.85. The number of ether oxygens (including phenoxy) is 1. The van der Waals surface area contributed by atoms with Crippen molar-refractivity contribution in [1.82, 2.24) is 4.98 Å². The molecule has 1 unspecified atom stereocenters. The number of carbonyl (C=O) groups excluding carboxylic acids is 1. The van der Waals surface area contributed by atoms with Gasteiger partial charge in [0.25, 0.3) is 0 Å². The van der Waals surface area contributed by atoms with Crippen molar-refractivity contribution >= 4 is 32.3 Å². The van der Waals surface area contributed by atoms with E-state index >= 15 is 0 Å². The van der Waals surface area contributed by atoms with Crippen molar-refractivity contribution in [3.8, 4) is 0 Å². The monoisotopic (exact) mass is 290 g/mol. The average Bonchev–Trinajstić information content (AvgIpc) is 2.93. The van der Waals surface area contributed by atoms with Crippen LogP contribution in [0.2, 0.25) is 0 Å². The topological polar surface area (TPSA) is 76.6 Å². The highest BCUT2D eigenvalue weighted by atomic mass is 32.2. The van der Waals surface area contributed by atoms with Crippen LogP contribution in [0.5, 0.6) is 0 Å². The van der Waals surface area contributed by atoms with E-state index in [4.69, 9.17) is 0 Å². The number of thiazole rings is 1. The number of sulfone groups is 1. The Kier molecular flexibility index (Phi) is 3.58. The van der Waals surface area contributed by atoms with Gasteiger partial charge in [0.15, 0.2) is 15.0 Å². The van der Waals surface area contributed by atoms with Crippen LogP contribution < -0.4 is 4.90 Å². The molecule has 1 aromatic rings. The molecule has 0 aromatic carbocycles. The molecule has 0 N–H and O–H groups in total. The quantitative estimate of drug-likeness (QED) is 0.757. The number of carbonyl (C=O) groups is 1. The maximum absolute atomic E-state index is 11.4. The molecule has 1 aromatic heterocycles. The van der Waals surface area contributed by atoms with Crippen molar-refractivity contribution in [1.29, 1.82) is 0 Å². The zero-order valence-corrected chi connectivity index (χ0v) is 11.8. The van der Waals surface area contributed by atoms with Gasteiger partial charge >= 0.3 is 5.97 Å². The Hall–Kier alpha value is -1.15. The Bertz CT molecular complexity index is 552. The van der Waals surface area contributed by atoms with E-state index in [1.54, 1.807) is 7.05 Å². The molecular weight excluding hydrogens is 276 g/mol. The minimum atomic E-state index is -2.92. The summed E-state index contributed by atoms with van der Waals surface area (Å²) in [6.45, 7) is 0. The summed E-state index contributed by atoms with van der Waals surface area (Å²) in [5, 5.41) is 0.637. The van der Waals surface area contributed by atoms with E-state index in [0.29, 0.717) is 16.4 Å². The van der Waals surface area contributed by atoms with Gasteiger partial charge in [0.1, 0.15) is 4.88 Å². The van der Waals surface area contributed by atoms with Crippen LogP contribution in [0.15, 0.2) is 6.20 Å². The third-order valence-electron chi connectivity index (χ3n) is 2.94. The molecule has 1 fully saturated rings. The maximum atomic E-state index is 11.4. The predicted molar refractivity (Wildman–Crippen MR) is 68.9 cm³/mol. The average molecular weight is 290 g/mol. The molecule has 1 saturated heterocycles. The number of methoxy groups -OCH3 is 1. The van der Waals surface area contributed by atoms with Crippen molar-refractivity contribution in [2.45, 2.75) is 12.5 Å². The Morgan fingerprint density at radius 2 is 2.33 bits per heavy atom. The molecule has 1 atom stereocenters. The van der Waals surface area contributed by atoms with Crippen LogP contribution >= 0.6 is 11.3 Å². The number of hydrogen-bond acceptors (Lipinski definition) is 7. The maximum Gasteiger partial charge on any atom is 0.349 e. The van der Waals surface area contributed by atoms with E-state index in [1.807, 2.05) is 4.90 Å². The summed E-state index contributed by atoms with van der Waals surface area (Å²) in [6.07, 6.45) is 2.05. The lowest BCUT2D eigenvalue weighted by atomic mass is 10.2. The molecule has 100 valence electrons. The number of anilines is 1. The van der Waals surface area contributed by atoms with Crippen LogP contribution in [-0.2, 0) is 14.6 Å². The molecule has 0 radical (unpaired) electrons. The molecule has 2 rings (SSSR count). The molecule has 0 saturated carbocycles. The van der Waals surface area contributed by atoms with Crippen molar-refractivity contribution in [3.63, 3.8) is 0 Å². The number of rotatable bonds is 3. The number of esters is 1. The largest absolute Gasteiger partial charge is 0.465 e. The van der Waals surface area contributed by atoms with E-state index in [1.165, 1.54) is 24.6 Å². The van der Waals surface area contributed by atoms with Crippen molar-refractivity contribution in [2.75, 3.05) is 30.6 Å². The van der Waals surface area contributed by atoms with Gasteiger partial charge in [0.05, 0.1) is 24.8 Å². The second-order valence-electron chi connectivity index (χ2n) is 4.17. The third kappa shape index (κ3) is 2.64. The zero-order chi connectivity index (χ0) is 13.3. The highest BCUT2D eigenvalue weighted by Gasteiger charge is 2.32. The first-order chi connectivity index (χ1) is 8.43. The zero-order valence-electron chi connectivity index (χ0n) is 10.1. The highest BCUT2D eigenvalue weighted by molar-refractivity contribution is 7.91. The number of nitrogens with zero attached hydrogens (tertiary/aromatic N) is 2. The van der Waals surface area contributed by atoms with E-state index in [-0.39, 0.29) is 17.5 Å². The second-order valence-corrected chi connectivity index (χ2v) is 7.40. The fourth-order valence-corrected chi connectivity index (χ4v) is 4.50. The molecule has 18 heavy (non-hydrogen) atoms. The van der Waals surface area contributed by atoms with Crippen molar-refractivity contribution in [3.05, 3.63) is 11.1 Å². The van der Waals surface area contributed by atoms with E-state index in [9.17, 15) is 13.2 Å². The molecule has 1 aliphatic rings. The normalized spacial score (nSPS) is 21.8. The molecule has 0 aliphatic carbocycles. The van der Waals surface area contributed by atoms with Crippen LogP contribution in [0.25, 0.3) is 0 Å².